The molecule has 0 unspecified atom stereocenters. The lowest BCUT2D eigenvalue weighted by atomic mass is 9.52. The molecule has 23 heavy (non-hydrogen) atoms. The quantitative estimate of drug-likeness (QED) is 0.930. The lowest BCUT2D eigenvalue weighted by Crippen LogP contribution is -2.62. The molecule has 1 heterocycles. The van der Waals surface area contributed by atoms with Crippen molar-refractivity contribution in [2.75, 3.05) is 26.8 Å². The number of benzene rings is 1. The van der Waals surface area contributed by atoms with Crippen LogP contribution in [0.25, 0.3) is 0 Å². The lowest BCUT2D eigenvalue weighted by molar-refractivity contribution is -0.127. The SMILES string of the molecule is COCCN1CC[C@]23CC(=O)CC[C@H]2[C@H]1Cc1ccc(O)cc13. The van der Waals surface area contributed by atoms with E-state index in [4.69, 9.17) is 4.74 Å². The van der Waals surface area contributed by atoms with Gasteiger partial charge in [-0.15, -0.1) is 0 Å². The molecule has 2 fully saturated rings. The normalized spacial score (nSPS) is 33.2. The van der Waals surface area contributed by atoms with Gasteiger partial charge in [-0.05, 0) is 55.0 Å². The van der Waals surface area contributed by atoms with Gasteiger partial charge in [-0.2, -0.15) is 0 Å². The molecule has 4 rings (SSSR count). The van der Waals surface area contributed by atoms with Crippen LogP contribution in [0.15, 0.2) is 18.2 Å². The Kier molecular flexibility index (Phi) is 3.69. The van der Waals surface area contributed by atoms with Crippen molar-refractivity contribution in [3.05, 3.63) is 29.3 Å². The first-order valence-corrected chi connectivity index (χ1v) is 8.71. The van der Waals surface area contributed by atoms with Crippen LogP contribution in [-0.2, 0) is 21.4 Å². The number of Topliss-reactive ketones (excluding diaryl/α,β-unsaturated/α-hetero) is 1. The third kappa shape index (κ3) is 2.31. The second-order valence-electron chi connectivity index (χ2n) is 7.41. The zero-order chi connectivity index (χ0) is 16.0. The maximum atomic E-state index is 12.3. The van der Waals surface area contributed by atoms with Gasteiger partial charge in [0.1, 0.15) is 11.5 Å². The summed E-state index contributed by atoms with van der Waals surface area (Å²) in [5.74, 6) is 1.25. The number of phenols is 1. The molecule has 1 aliphatic heterocycles. The van der Waals surface area contributed by atoms with Crippen LogP contribution >= 0.6 is 0 Å². The maximum absolute atomic E-state index is 12.3. The van der Waals surface area contributed by atoms with Crippen LogP contribution in [-0.4, -0.2) is 48.6 Å². The summed E-state index contributed by atoms with van der Waals surface area (Å²) in [6.07, 6.45) is 4.40. The highest BCUT2D eigenvalue weighted by Crippen LogP contribution is 2.55. The van der Waals surface area contributed by atoms with Gasteiger partial charge in [-0.3, -0.25) is 9.69 Å². The van der Waals surface area contributed by atoms with Gasteiger partial charge in [-0.25, -0.2) is 0 Å². The number of likely N-dealkylation sites (tertiary alicyclic amines) is 1. The Morgan fingerprint density at radius 3 is 3.13 bits per heavy atom. The van der Waals surface area contributed by atoms with Crippen molar-refractivity contribution in [3.63, 3.8) is 0 Å². The molecular weight excluding hydrogens is 290 g/mol. The van der Waals surface area contributed by atoms with E-state index in [0.717, 1.165) is 45.4 Å². The largest absolute Gasteiger partial charge is 0.508 e. The van der Waals surface area contributed by atoms with Gasteiger partial charge in [0.25, 0.3) is 0 Å². The number of ether oxygens (including phenoxy) is 1. The monoisotopic (exact) mass is 315 g/mol. The minimum atomic E-state index is -0.0457. The van der Waals surface area contributed by atoms with Gasteiger partial charge in [0.05, 0.1) is 6.61 Å². The van der Waals surface area contributed by atoms with Gasteiger partial charge in [0, 0.05) is 38.0 Å². The Morgan fingerprint density at radius 1 is 1.43 bits per heavy atom. The number of ketones is 1. The number of fused-ring (bicyclic) bond motifs is 1. The topological polar surface area (TPSA) is 49.8 Å². The van der Waals surface area contributed by atoms with Crippen LogP contribution in [0.2, 0.25) is 0 Å². The number of aromatic hydroxyl groups is 1. The van der Waals surface area contributed by atoms with Crippen LogP contribution < -0.4 is 0 Å². The van der Waals surface area contributed by atoms with E-state index in [0.29, 0.717) is 29.9 Å². The van der Waals surface area contributed by atoms with E-state index in [1.54, 1.807) is 13.2 Å². The highest BCUT2D eigenvalue weighted by atomic mass is 16.5. The Morgan fingerprint density at radius 2 is 2.30 bits per heavy atom. The molecule has 2 bridgehead atoms. The number of carbonyl (C=O) groups excluding carboxylic acids is 1. The molecule has 124 valence electrons. The molecule has 0 amide bonds. The first-order valence-electron chi connectivity index (χ1n) is 8.71. The minimum absolute atomic E-state index is 0.0457. The third-order valence-electron chi connectivity index (χ3n) is 6.38. The van der Waals surface area contributed by atoms with E-state index in [1.807, 2.05) is 6.07 Å². The van der Waals surface area contributed by atoms with Crippen LogP contribution in [0, 0.1) is 5.92 Å². The lowest BCUT2D eigenvalue weighted by Gasteiger charge is -2.58. The van der Waals surface area contributed by atoms with E-state index in [9.17, 15) is 9.90 Å². The summed E-state index contributed by atoms with van der Waals surface area (Å²) in [6, 6.07) is 6.29. The van der Waals surface area contributed by atoms with Crippen molar-refractivity contribution in [1.29, 1.82) is 0 Å². The summed E-state index contributed by atoms with van der Waals surface area (Å²) >= 11 is 0. The molecule has 2 aliphatic carbocycles. The van der Waals surface area contributed by atoms with E-state index in [-0.39, 0.29) is 5.41 Å². The summed E-state index contributed by atoms with van der Waals surface area (Å²) in [5, 5.41) is 9.99. The number of nitrogens with zero attached hydrogens (tertiary/aromatic N) is 1. The highest BCUT2D eigenvalue weighted by molar-refractivity contribution is 5.81. The second-order valence-corrected chi connectivity index (χ2v) is 7.41. The average Bonchev–Trinajstić information content (AvgIpc) is 2.54. The molecule has 3 aliphatic rings. The van der Waals surface area contributed by atoms with Gasteiger partial charge >= 0.3 is 0 Å². The molecule has 0 aromatic heterocycles. The van der Waals surface area contributed by atoms with E-state index < -0.39 is 0 Å². The van der Waals surface area contributed by atoms with Crippen LogP contribution in [0.4, 0.5) is 0 Å². The Balaban J connectivity index is 1.77. The van der Waals surface area contributed by atoms with Crippen LogP contribution in [0.1, 0.15) is 36.8 Å². The first kappa shape index (κ1) is 15.2. The van der Waals surface area contributed by atoms with Crippen molar-refractivity contribution >= 4 is 5.78 Å². The Hall–Kier alpha value is -1.39. The summed E-state index contributed by atoms with van der Waals surface area (Å²) in [4.78, 5) is 14.8. The molecule has 3 atom stereocenters. The molecule has 1 saturated heterocycles. The van der Waals surface area contributed by atoms with Gasteiger partial charge in [-0.1, -0.05) is 6.07 Å². The number of hydrogen-bond donors (Lipinski definition) is 1. The smallest absolute Gasteiger partial charge is 0.133 e. The molecule has 0 radical (unpaired) electrons. The zero-order valence-electron chi connectivity index (χ0n) is 13.8. The van der Waals surface area contributed by atoms with Gasteiger partial charge < -0.3 is 9.84 Å². The fourth-order valence-corrected chi connectivity index (χ4v) is 5.38. The molecule has 1 N–H and O–H groups in total. The number of phenolic OH excluding ortho intramolecular Hbond substituents is 1. The highest BCUT2D eigenvalue weighted by Gasteiger charge is 2.55. The van der Waals surface area contributed by atoms with Crippen molar-refractivity contribution < 1.29 is 14.6 Å². The van der Waals surface area contributed by atoms with Gasteiger partial charge in [0.15, 0.2) is 0 Å². The summed E-state index contributed by atoms with van der Waals surface area (Å²) in [6.45, 7) is 2.75. The third-order valence-corrected chi connectivity index (χ3v) is 6.38. The fourth-order valence-electron chi connectivity index (χ4n) is 5.38. The molecule has 4 nitrogen and oxygen atoms in total. The standard InChI is InChI=1S/C19H25NO3/c1-23-9-8-20-7-6-19-12-15(22)4-5-16(19)18(20)10-13-2-3-14(21)11-17(13)19/h2-3,11,16,18,21H,4-10,12H2,1H3/t16-,18+,19-/m0/s1. The minimum Gasteiger partial charge on any atom is -0.508 e. The van der Waals surface area contributed by atoms with E-state index in [2.05, 4.69) is 11.0 Å². The number of hydrogen-bond acceptors (Lipinski definition) is 4. The van der Waals surface area contributed by atoms with Gasteiger partial charge in [0.2, 0.25) is 0 Å². The molecule has 1 aromatic carbocycles. The zero-order valence-corrected chi connectivity index (χ0v) is 13.8. The number of rotatable bonds is 3. The van der Waals surface area contributed by atoms with Crippen molar-refractivity contribution in [1.82, 2.24) is 4.90 Å². The summed E-state index contributed by atoms with van der Waals surface area (Å²) in [5.41, 5.74) is 2.52. The van der Waals surface area contributed by atoms with E-state index >= 15 is 0 Å². The predicted octanol–water partition coefficient (Wildman–Crippen LogP) is 2.28. The Labute approximate surface area is 137 Å². The van der Waals surface area contributed by atoms with Crippen molar-refractivity contribution in [3.8, 4) is 5.75 Å². The van der Waals surface area contributed by atoms with Crippen molar-refractivity contribution in [2.24, 2.45) is 5.92 Å². The fraction of sp³-hybridized carbons (Fsp3) is 0.632. The van der Waals surface area contributed by atoms with Crippen LogP contribution in [0.3, 0.4) is 0 Å². The molecule has 0 spiro atoms. The summed E-state index contributed by atoms with van der Waals surface area (Å²) in [7, 11) is 1.76. The molecule has 1 aromatic rings. The predicted molar refractivity (Wildman–Crippen MR) is 87.7 cm³/mol. The number of piperidine rings is 1. The molecule has 4 heteroatoms. The number of carbonyl (C=O) groups is 1. The first-order chi connectivity index (χ1) is 11.1. The maximum Gasteiger partial charge on any atom is 0.133 e. The van der Waals surface area contributed by atoms with Crippen LogP contribution in [0.5, 0.6) is 5.75 Å². The van der Waals surface area contributed by atoms with Crippen molar-refractivity contribution in [2.45, 2.75) is 43.6 Å². The Bertz CT molecular complexity index is 629. The second kappa shape index (κ2) is 5.60. The van der Waals surface area contributed by atoms with E-state index in [1.165, 1.54) is 11.1 Å². The number of methoxy groups -OCH3 is 1. The molecular formula is C19H25NO3. The summed E-state index contributed by atoms with van der Waals surface area (Å²) < 4.78 is 5.29. The average molecular weight is 315 g/mol. The molecule has 1 saturated carbocycles.